The van der Waals surface area contributed by atoms with Crippen molar-refractivity contribution in [3.05, 3.63) is 58.2 Å². The van der Waals surface area contributed by atoms with Gasteiger partial charge in [0.15, 0.2) is 5.78 Å². The third kappa shape index (κ3) is 3.88. The number of halogens is 1. The zero-order valence-corrected chi connectivity index (χ0v) is 17.6. The summed E-state index contributed by atoms with van der Waals surface area (Å²) in [4.78, 5) is 38.7. The molecule has 0 aromatic heterocycles. The van der Waals surface area contributed by atoms with Crippen LogP contribution in [0.1, 0.15) is 45.1 Å². The highest BCUT2D eigenvalue weighted by molar-refractivity contribution is 6.12. The Hall–Kier alpha value is -2.96. The highest BCUT2D eigenvalue weighted by atomic mass is 19.1. The first-order valence-corrected chi connectivity index (χ1v) is 10.1. The lowest BCUT2D eigenvalue weighted by Gasteiger charge is -2.38. The third-order valence-electron chi connectivity index (χ3n) is 5.58. The Morgan fingerprint density at radius 1 is 1.30 bits per heavy atom. The molecule has 1 aliphatic carbocycles. The van der Waals surface area contributed by atoms with E-state index in [1.807, 2.05) is 13.8 Å². The number of esters is 2. The molecule has 1 heterocycles. The number of methoxy groups -OCH3 is 1. The van der Waals surface area contributed by atoms with Crippen molar-refractivity contribution in [3.8, 4) is 0 Å². The van der Waals surface area contributed by atoms with Gasteiger partial charge in [-0.3, -0.25) is 9.59 Å². The monoisotopic (exact) mass is 415 g/mol. The van der Waals surface area contributed by atoms with Gasteiger partial charge in [0.2, 0.25) is 0 Å². The predicted molar refractivity (Wildman–Crippen MR) is 108 cm³/mol. The SMILES string of the molecule is CCCOC(=O)C1=C(C)NC2=C(C(=O)[C@H](C(=O)OC)[C@@H](C)C2)[C@H]1c1cccc(F)c1. The number of hydrogen-bond acceptors (Lipinski definition) is 6. The van der Waals surface area contributed by atoms with Crippen LogP contribution in [0.2, 0.25) is 0 Å². The highest BCUT2D eigenvalue weighted by Crippen LogP contribution is 2.45. The first kappa shape index (κ1) is 21.7. The van der Waals surface area contributed by atoms with E-state index in [0.717, 1.165) is 0 Å². The third-order valence-corrected chi connectivity index (χ3v) is 5.58. The molecule has 30 heavy (non-hydrogen) atoms. The molecular weight excluding hydrogens is 389 g/mol. The maximum Gasteiger partial charge on any atom is 0.336 e. The van der Waals surface area contributed by atoms with Crippen molar-refractivity contribution in [3.63, 3.8) is 0 Å². The minimum Gasteiger partial charge on any atom is -0.468 e. The summed E-state index contributed by atoms with van der Waals surface area (Å²) < 4.78 is 24.3. The maximum atomic E-state index is 14.1. The summed E-state index contributed by atoms with van der Waals surface area (Å²) in [5, 5.41) is 3.17. The molecule has 160 valence electrons. The smallest absolute Gasteiger partial charge is 0.336 e. The van der Waals surface area contributed by atoms with E-state index in [0.29, 0.717) is 35.4 Å². The van der Waals surface area contributed by atoms with Gasteiger partial charge < -0.3 is 14.8 Å². The van der Waals surface area contributed by atoms with Gasteiger partial charge in [-0.2, -0.15) is 0 Å². The predicted octanol–water partition coefficient (Wildman–Crippen LogP) is 3.39. The van der Waals surface area contributed by atoms with Crippen molar-refractivity contribution in [1.29, 1.82) is 0 Å². The van der Waals surface area contributed by atoms with Crippen LogP contribution in [-0.2, 0) is 23.9 Å². The molecule has 0 saturated heterocycles. The minimum absolute atomic E-state index is 0.229. The topological polar surface area (TPSA) is 81.7 Å². The summed E-state index contributed by atoms with van der Waals surface area (Å²) in [7, 11) is 1.24. The molecule has 0 amide bonds. The number of hydrogen-bond donors (Lipinski definition) is 1. The van der Waals surface area contributed by atoms with Gasteiger partial charge >= 0.3 is 11.9 Å². The normalized spacial score (nSPS) is 23.6. The molecule has 0 fully saturated rings. The molecule has 1 aromatic carbocycles. The molecule has 1 aliphatic heterocycles. The van der Waals surface area contributed by atoms with Crippen LogP contribution in [0.5, 0.6) is 0 Å². The van der Waals surface area contributed by atoms with Gasteiger partial charge in [-0.15, -0.1) is 0 Å². The molecular formula is C23H26FNO5. The van der Waals surface area contributed by atoms with Crippen LogP contribution in [0.25, 0.3) is 0 Å². The Kier molecular flexibility index (Phi) is 6.39. The zero-order valence-electron chi connectivity index (χ0n) is 17.6. The number of benzene rings is 1. The molecule has 2 aliphatic rings. The average molecular weight is 415 g/mol. The van der Waals surface area contributed by atoms with Crippen molar-refractivity contribution in [1.82, 2.24) is 5.32 Å². The summed E-state index contributed by atoms with van der Waals surface area (Å²) in [6.07, 6.45) is 1.08. The van der Waals surface area contributed by atoms with E-state index in [9.17, 15) is 18.8 Å². The van der Waals surface area contributed by atoms with Crippen LogP contribution in [0.4, 0.5) is 4.39 Å². The number of Topliss-reactive ketones (excluding diaryl/α,β-unsaturated/α-hetero) is 1. The van der Waals surface area contributed by atoms with E-state index in [1.165, 1.54) is 25.3 Å². The summed E-state index contributed by atoms with van der Waals surface area (Å²) in [6, 6.07) is 5.81. The Morgan fingerprint density at radius 2 is 2.03 bits per heavy atom. The van der Waals surface area contributed by atoms with Gasteiger partial charge in [-0.05, 0) is 43.4 Å². The number of rotatable bonds is 5. The fourth-order valence-electron chi connectivity index (χ4n) is 4.24. The lowest BCUT2D eigenvalue weighted by Crippen LogP contribution is -2.43. The molecule has 3 rings (SSSR count). The van der Waals surface area contributed by atoms with Gasteiger partial charge in [0, 0.05) is 22.9 Å². The number of ether oxygens (including phenoxy) is 2. The van der Waals surface area contributed by atoms with E-state index in [4.69, 9.17) is 9.47 Å². The second-order valence-electron chi connectivity index (χ2n) is 7.73. The van der Waals surface area contributed by atoms with Gasteiger partial charge in [0.1, 0.15) is 11.7 Å². The Morgan fingerprint density at radius 3 is 2.67 bits per heavy atom. The van der Waals surface area contributed by atoms with Crippen molar-refractivity contribution in [2.75, 3.05) is 13.7 Å². The first-order valence-electron chi connectivity index (χ1n) is 10.1. The maximum absolute atomic E-state index is 14.1. The number of carbonyl (C=O) groups excluding carboxylic acids is 3. The van der Waals surface area contributed by atoms with Crippen LogP contribution in [0.15, 0.2) is 46.8 Å². The van der Waals surface area contributed by atoms with E-state index in [-0.39, 0.29) is 18.1 Å². The van der Waals surface area contributed by atoms with Crippen molar-refractivity contribution < 1.29 is 28.2 Å². The molecule has 0 bridgehead atoms. The molecule has 3 atom stereocenters. The van der Waals surface area contributed by atoms with Crippen molar-refractivity contribution >= 4 is 17.7 Å². The van der Waals surface area contributed by atoms with E-state index < -0.39 is 35.4 Å². The minimum atomic E-state index is -0.974. The largest absolute Gasteiger partial charge is 0.468 e. The molecule has 6 nitrogen and oxygen atoms in total. The summed E-state index contributed by atoms with van der Waals surface area (Å²) in [5.41, 5.74) is 2.20. The summed E-state index contributed by atoms with van der Waals surface area (Å²) >= 11 is 0. The molecule has 0 unspecified atom stereocenters. The Bertz CT molecular complexity index is 949. The van der Waals surface area contributed by atoms with E-state index in [2.05, 4.69) is 5.32 Å². The second kappa shape index (κ2) is 8.81. The van der Waals surface area contributed by atoms with Gasteiger partial charge in [0.05, 0.1) is 19.3 Å². The summed E-state index contributed by atoms with van der Waals surface area (Å²) in [5.74, 6) is -4.14. The number of carbonyl (C=O) groups is 3. The molecule has 1 N–H and O–H groups in total. The van der Waals surface area contributed by atoms with Gasteiger partial charge in [-0.1, -0.05) is 26.0 Å². The molecule has 0 saturated carbocycles. The lowest BCUT2D eigenvalue weighted by molar-refractivity contribution is -0.151. The van der Waals surface area contributed by atoms with Crippen LogP contribution in [-0.4, -0.2) is 31.4 Å². The standard InChI is InChI=1S/C23H26FNO5/c1-5-9-30-23(28)18-13(3)25-16-10-12(2)17(22(27)29-4)21(26)20(16)19(18)14-7-6-8-15(24)11-14/h6-8,11-12,17,19,25H,5,9-10H2,1-4H3/t12-,17+,19-/m0/s1. The van der Waals surface area contributed by atoms with Gasteiger partial charge in [-0.25, -0.2) is 9.18 Å². The van der Waals surface area contributed by atoms with Crippen LogP contribution in [0, 0.1) is 17.7 Å². The molecule has 0 radical (unpaired) electrons. The van der Waals surface area contributed by atoms with E-state index >= 15 is 0 Å². The molecule has 0 spiro atoms. The summed E-state index contributed by atoms with van der Waals surface area (Å²) in [6.45, 7) is 5.66. The molecule has 7 heteroatoms. The fraction of sp³-hybridized carbons (Fsp3) is 0.435. The zero-order chi connectivity index (χ0) is 22.0. The van der Waals surface area contributed by atoms with Gasteiger partial charge in [0.25, 0.3) is 0 Å². The number of ketones is 1. The van der Waals surface area contributed by atoms with Crippen LogP contribution in [0.3, 0.4) is 0 Å². The second-order valence-corrected chi connectivity index (χ2v) is 7.73. The number of dihydropyridines is 1. The van der Waals surface area contributed by atoms with Crippen molar-refractivity contribution in [2.45, 2.75) is 39.5 Å². The number of nitrogens with one attached hydrogen (secondary N) is 1. The Labute approximate surface area is 175 Å². The molecule has 1 aromatic rings. The van der Waals surface area contributed by atoms with Crippen LogP contribution < -0.4 is 5.32 Å². The average Bonchev–Trinajstić information content (AvgIpc) is 2.70. The van der Waals surface area contributed by atoms with E-state index in [1.54, 1.807) is 13.0 Å². The number of allylic oxidation sites excluding steroid dienone is 3. The van der Waals surface area contributed by atoms with Crippen molar-refractivity contribution in [2.24, 2.45) is 11.8 Å². The lowest BCUT2D eigenvalue weighted by atomic mass is 9.69. The quantitative estimate of drug-likeness (QED) is 0.586. The fourth-order valence-corrected chi connectivity index (χ4v) is 4.24. The first-order chi connectivity index (χ1) is 14.3. The highest BCUT2D eigenvalue weighted by Gasteiger charge is 2.47. The van der Waals surface area contributed by atoms with Crippen LogP contribution >= 0.6 is 0 Å². The Balaban J connectivity index is 2.16.